The van der Waals surface area contributed by atoms with Gasteiger partial charge in [0.05, 0.1) is 6.54 Å². The van der Waals surface area contributed by atoms with Gasteiger partial charge in [-0.3, -0.25) is 4.79 Å². The molecule has 1 heterocycles. The summed E-state index contributed by atoms with van der Waals surface area (Å²) in [5.74, 6) is -0.0455. The Bertz CT molecular complexity index is 744. The summed E-state index contributed by atoms with van der Waals surface area (Å²) in [6.07, 6.45) is 0. The van der Waals surface area contributed by atoms with Crippen LogP contribution in [0.15, 0.2) is 60.7 Å². The number of carbonyl (C=O) groups excluding carboxylic acids is 1. The molecule has 0 aliphatic carbocycles. The van der Waals surface area contributed by atoms with Crippen molar-refractivity contribution in [3.8, 4) is 0 Å². The van der Waals surface area contributed by atoms with Crippen molar-refractivity contribution in [2.24, 2.45) is 7.05 Å². The van der Waals surface area contributed by atoms with Crippen molar-refractivity contribution in [2.45, 2.75) is 6.54 Å². The van der Waals surface area contributed by atoms with Crippen molar-refractivity contribution in [3.63, 3.8) is 0 Å². The molecule has 20 heavy (non-hydrogen) atoms. The number of carbonyl (C=O) groups is 1. The van der Waals surface area contributed by atoms with Gasteiger partial charge in [-0.15, -0.1) is 0 Å². The number of fused-ring (bicyclic) bond motifs is 1. The molecule has 1 aromatic heterocycles. The molecule has 0 aliphatic heterocycles. The molecule has 0 fully saturated rings. The smallest absolute Gasteiger partial charge is 0.251 e. The normalized spacial score (nSPS) is 10.7. The van der Waals surface area contributed by atoms with Crippen molar-refractivity contribution >= 4 is 16.8 Å². The van der Waals surface area contributed by atoms with Crippen LogP contribution in [0, 0.1) is 0 Å². The summed E-state index contributed by atoms with van der Waals surface area (Å²) >= 11 is 0. The third kappa shape index (κ3) is 2.30. The largest absolute Gasteiger partial charge is 0.346 e. The molecule has 100 valence electrons. The molecule has 3 rings (SSSR count). The van der Waals surface area contributed by atoms with Crippen LogP contribution in [0.5, 0.6) is 0 Å². The first kappa shape index (κ1) is 12.5. The topological polar surface area (TPSA) is 34.0 Å². The second kappa shape index (κ2) is 5.21. The quantitative estimate of drug-likeness (QED) is 0.775. The Morgan fingerprint density at radius 3 is 2.50 bits per heavy atom. The van der Waals surface area contributed by atoms with Crippen LogP contribution in [0.25, 0.3) is 10.9 Å². The molecule has 1 amide bonds. The summed E-state index contributed by atoms with van der Waals surface area (Å²) in [5.41, 5.74) is 2.96. The molecule has 1 N–H and O–H groups in total. The van der Waals surface area contributed by atoms with Gasteiger partial charge in [0.2, 0.25) is 0 Å². The van der Waals surface area contributed by atoms with Gasteiger partial charge in [-0.2, -0.15) is 0 Å². The zero-order valence-electron chi connectivity index (χ0n) is 11.3. The van der Waals surface area contributed by atoms with Crippen molar-refractivity contribution in [3.05, 3.63) is 71.9 Å². The van der Waals surface area contributed by atoms with Gasteiger partial charge in [-0.25, -0.2) is 0 Å². The van der Waals surface area contributed by atoms with Gasteiger partial charge in [0.15, 0.2) is 0 Å². The lowest BCUT2D eigenvalue weighted by Gasteiger charge is -2.07. The van der Waals surface area contributed by atoms with Crippen LogP contribution in [0.4, 0.5) is 0 Å². The predicted molar refractivity (Wildman–Crippen MR) is 80.5 cm³/mol. The third-order valence-corrected chi connectivity index (χ3v) is 3.52. The number of aromatic nitrogens is 1. The van der Waals surface area contributed by atoms with Crippen LogP contribution >= 0.6 is 0 Å². The van der Waals surface area contributed by atoms with Crippen LogP contribution in [0.1, 0.15) is 16.1 Å². The highest BCUT2D eigenvalue weighted by atomic mass is 16.1. The average Bonchev–Trinajstić information content (AvgIpc) is 2.83. The van der Waals surface area contributed by atoms with E-state index in [1.165, 1.54) is 10.9 Å². The Labute approximate surface area is 117 Å². The van der Waals surface area contributed by atoms with E-state index in [0.29, 0.717) is 12.1 Å². The highest BCUT2D eigenvalue weighted by Gasteiger charge is 2.08. The minimum atomic E-state index is -0.0455. The van der Waals surface area contributed by atoms with Gasteiger partial charge in [0, 0.05) is 23.8 Å². The van der Waals surface area contributed by atoms with E-state index in [1.807, 2.05) is 49.5 Å². The third-order valence-electron chi connectivity index (χ3n) is 3.52. The maximum absolute atomic E-state index is 12.0. The number of rotatable bonds is 3. The second-order valence-electron chi connectivity index (χ2n) is 4.80. The lowest BCUT2D eigenvalue weighted by atomic mass is 10.2. The number of nitrogens with one attached hydrogen (secondary N) is 1. The van der Waals surface area contributed by atoms with E-state index < -0.39 is 0 Å². The first-order chi connectivity index (χ1) is 9.75. The number of para-hydroxylation sites is 1. The molecule has 3 aromatic rings. The summed E-state index contributed by atoms with van der Waals surface area (Å²) in [6.45, 7) is 0.527. The van der Waals surface area contributed by atoms with Gasteiger partial charge in [0.25, 0.3) is 5.91 Å². The fourth-order valence-corrected chi connectivity index (χ4v) is 2.38. The molecular weight excluding hydrogens is 248 g/mol. The number of benzene rings is 2. The molecule has 3 nitrogen and oxygen atoms in total. The lowest BCUT2D eigenvalue weighted by Crippen LogP contribution is -2.23. The predicted octanol–water partition coefficient (Wildman–Crippen LogP) is 3.11. The summed E-state index contributed by atoms with van der Waals surface area (Å²) in [5, 5.41) is 4.15. The minimum Gasteiger partial charge on any atom is -0.346 e. The van der Waals surface area contributed by atoms with Crippen LogP contribution < -0.4 is 5.32 Å². The van der Waals surface area contributed by atoms with Crippen molar-refractivity contribution in [2.75, 3.05) is 0 Å². The Morgan fingerprint density at radius 1 is 1.05 bits per heavy atom. The van der Waals surface area contributed by atoms with Gasteiger partial charge >= 0.3 is 0 Å². The molecule has 0 radical (unpaired) electrons. The van der Waals surface area contributed by atoms with Gasteiger partial charge < -0.3 is 9.88 Å². The Hall–Kier alpha value is -2.55. The van der Waals surface area contributed by atoms with Crippen molar-refractivity contribution in [1.29, 1.82) is 0 Å². The first-order valence-electron chi connectivity index (χ1n) is 6.62. The van der Waals surface area contributed by atoms with Crippen LogP contribution in [0.3, 0.4) is 0 Å². The highest BCUT2D eigenvalue weighted by molar-refractivity contribution is 5.94. The Morgan fingerprint density at radius 2 is 1.75 bits per heavy atom. The summed E-state index contributed by atoms with van der Waals surface area (Å²) < 4.78 is 2.11. The van der Waals surface area contributed by atoms with Crippen LogP contribution in [0.2, 0.25) is 0 Å². The van der Waals surface area contributed by atoms with Gasteiger partial charge in [0.1, 0.15) is 0 Å². The SMILES string of the molecule is Cn1c(CNC(=O)c2ccccc2)cc2ccccc21. The molecule has 0 bridgehead atoms. The van der Waals surface area contributed by atoms with E-state index >= 15 is 0 Å². The zero-order chi connectivity index (χ0) is 13.9. The van der Waals surface area contributed by atoms with Crippen molar-refractivity contribution in [1.82, 2.24) is 9.88 Å². The molecule has 0 atom stereocenters. The van der Waals surface area contributed by atoms with E-state index in [4.69, 9.17) is 0 Å². The summed E-state index contributed by atoms with van der Waals surface area (Å²) in [6, 6.07) is 19.6. The van der Waals surface area contributed by atoms with E-state index in [1.54, 1.807) is 0 Å². The summed E-state index contributed by atoms with van der Waals surface area (Å²) in [7, 11) is 2.02. The second-order valence-corrected chi connectivity index (χ2v) is 4.80. The lowest BCUT2D eigenvalue weighted by molar-refractivity contribution is 0.0950. The number of amides is 1. The molecule has 3 heteroatoms. The number of aryl methyl sites for hydroxylation is 1. The molecule has 0 saturated heterocycles. The van der Waals surface area contributed by atoms with E-state index in [-0.39, 0.29) is 5.91 Å². The zero-order valence-corrected chi connectivity index (χ0v) is 11.3. The van der Waals surface area contributed by atoms with Gasteiger partial charge in [-0.05, 0) is 29.7 Å². The molecule has 0 aliphatic rings. The maximum Gasteiger partial charge on any atom is 0.251 e. The fourth-order valence-electron chi connectivity index (χ4n) is 2.38. The molecular formula is C17H16N2O. The molecule has 0 unspecified atom stereocenters. The van der Waals surface area contributed by atoms with E-state index in [2.05, 4.69) is 28.1 Å². The number of hydrogen-bond donors (Lipinski definition) is 1. The Kier molecular flexibility index (Phi) is 3.25. The van der Waals surface area contributed by atoms with E-state index in [9.17, 15) is 4.79 Å². The Balaban J connectivity index is 1.77. The highest BCUT2D eigenvalue weighted by Crippen LogP contribution is 2.18. The monoisotopic (exact) mass is 264 g/mol. The average molecular weight is 264 g/mol. The first-order valence-corrected chi connectivity index (χ1v) is 6.62. The molecule has 2 aromatic carbocycles. The number of hydrogen-bond acceptors (Lipinski definition) is 1. The standard InChI is InChI=1S/C17H16N2O/c1-19-15(11-14-9-5-6-10-16(14)19)12-18-17(20)13-7-3-2-4-8-13/h2-11H,12H2,1H3,(H,18,20). The molecule has 0 saturated carbocycles. The minimum absolute atomic E-state index is 0.0455. The van der Waals surface area contributed by atoms with Crippen LogP contribution in [-0.4, -0.2) is 10.5 Å². The molecule has 0 spiro atoms. The number of nitrogens with zero attached hydrogens (tertiary/aromatic N) is 1. The maximum atomic E-state index is 12.0. The van der Waals surface area contributed by atoms with Gasteiger partial charge in [-0.1, -0.05) is 36.4 Å². The fraction of sp³-hybridized carbons (Fsp3) is 0.118. The van der Waals surface area contributed by atoms with Crippen LogP contribution in [-0.2, 0) is 13.6 Å². The van der Waals surface area contributed by atoms with E-state index in [0.717, 1.165) is 5.69 Å². The summed E-state index contributed by atoms with van der Waals surface area (Å²) in [4.78, 5) is 12.0. The van der Waals surface area contributed by atoms with Crippen molar-refractivity contribution < 1.29 is 4.79 Å².